The number of fused-ring (bicyclic) bond motifs is 3. The van der Waals surface area contributed by atoms with Crippen LogP contribution in [0.15, 0.2) is 199 Å². The van der Waals surface area contributed by atoms with Crippen molar-refractivity contribution in [1.29, 1.82) is 0 Å². The molecule has 2 heterocycles. The highest BCUT2D eigenvalue weighted by Gasteiger charge is 2.19. The first-order valence-corrected chi connectivity index (χ1v) is 18.1. The lowest BCUT2D eigenvalue weighted by Gasteiger charge is -2.26. The van der Waals surface area contributed by atoms with Gasteiger partial charge in [0.25, 0.3) is 0 Å². The van der Waals surface area contributed by atoms with Gasteiger partial charge >= 0.3 is 0 Å². The average molecular weight is 677 g/mol. The molecule has 0 saturated carbocycles. The molecule has 0 unspecified atom stereocenters. The zero-order valence-electron chi connectivity index (χ0n) is 28.8. The standard InChI is InChI=1S/C50H32N2O/c1-3-9-33(10-4-1)35-19-23-39(24-20-35)51(40-25-21-36(22-26-40)34-11-5-2-6-12-34)41-27-29-43-44-30-28-42(32-48(44)53-47(43)31-41)52-45-15-7-13-37-17-18-38-14-8-16-46(52)50(38)49(37)45/h1-32H. The van der Waals surface area contributed by atoms with Gasteiger partial charge in [-0.05, 0) is 93.7 Å². The van der Waals surface area contributed by atoms with Crippen molar-refractivity contribution in [3.63, 3.8) is 0 Å². The minimum absolute atomic E-state index is 0.857. The Morgan fingerprint density at radius 2 is 0.830 bits per heavy atom. The molecule has 0 amide bonds. The molecule has 0 radical (unpaired) electrons. The molecule has 0 aliphatic heterocycles. The van der Waals surface area contributed by atoms with Crippen LogP contribution in [0.3, 0.4) is 0 Å². The monoisotopic (exact) mass is 676 g/mol. The van der Waals surface area contributed by atoms with Crippen LogP contribution in [0.1, 0.15) is 0 Å². The summed E-state index contributed by atoms with van der Waals surface area (Å²) in [4.78, 5) is 2.31. The maximum absolute atomic E-state index is 6.74. The number of nitrogens with zero attached hydrogens (tertiary/aromatic N) is 2. The van der Waals surface area contributed by atoms with Crippen molar-refractivity contribution in [2.75, 3.05) is 4.90 Å². The van der Waals surface area contributed by atoms with Gasteiger partial charge in [-0.2, -0.15) is 0 Å². The molecule has 0 aliphatic rings. The van der Waals surface area contributed by atoms with Crippen LogP contribution < -0.4 is 4.90 Å². The van der Waals surface area contributed by atoms with Crippen molar-refractivity contribution in [2.45, 2.75) is 0 Å². The fourth-order valence-corrected chi connectivity index (χ4v) is 8.24. The lowest BCUT2D eigenvalue weighted by molar-refractivity contribution is 0.668. The first-order valence-electron chi connectivity index (χ1n) is 18.1. The molecule has 0 saturated heterocycles. The molecule has 0 atom stereocenters. The Kier molecular flexibility index (Phi) is 6.55. The Hall–Kier alpha value is -7.10. The first-order chi connectivity index (χ1) is 26.3. The first kappa shape index (κ1) is 29.6. The normalized spacial score (nSPS) is 11.8. The van der Waals surface area contributed by atoms with Gasteiger partial charge in [0.05, 0.1) is 11.0 Å². The highest BCUT2D eigenvalue weighted by atomic mass is 16.3. The van der Waals surface area contributed by atoms with E-state index >= 15 is 0 Å². The van der Waals surface area contributed by atoms with Gasteiger partial charge in [0.15, 0.2) is 0 Å². The summed E-state index contributed by atoms with van der Waals surface area (Å²) in [6.07, 6.45) is 0. The third-order valence-electron chi connectivity index (χ3n) is 10.7. The predicted octanol–water partition coefficient (Wildman–Crippen LogP) is 14.1. The number of rotatable bonds is 6. The quantitative estimate of drug-likeness (QED) is 0.164. The minimum Gasteiger partial charge on any atom is -0.456 e. The highest BCUT2D eigenvalue weighted by Crippen LogP contribution is 2.42. The molecule has 0 aliphatic carbocycles. The van der Waals surface area contributed by atoms with Crippen LogP contribution in [0.2, 0.25) is 0 Å². The Bertz CT molecular complexity index is 2930. The molecular formula is C50H32N2O. The van der Waals surface area contributed by atoms with Crippen molar-refractivity contribution in [3.8, 4) is 27.9 Å². The van der Waals surface area contributed by atoms with Crippen LogP contribution in [0, 0.1) is 0 Å². The maximum Gasteiger partial charge on any atom is 0.137 e. The molecule has 11 rings (SSSR count). The second kappa shape index (κ2) is 11.7. The van der Waals surface area contributed by atoms with Gasteiger partial charge in [0, 0.05) is 56.4 Å². The van der Waals surface area contributed by atoms with Crippen molar-refractivity contribution in [1.82, 2.24) is 4.57 Å². The summed E-state index contributed by atoms with van der Waals surface area (Å²) in [7, 11) is 0. The number of benzene rings is 9. The molecule has 2 aromatic heterocycles. The lowest BCUT2D eigenvalue weighted by Crippen LogP contribution is -2.09. The SMILES string of the molecule is c1ccc(-c2ccc(N(c3ccc(-c4ccccc4)cc3)c3ccc4c(c3)oc3cc(-n5c6cccc7ccc8cccc5c8c76)ccc34)cc2)cc1. The van der Waals surface area contributed by atoms with E-state index in [4.69, 9.17) is 4.42 Å². The van der Waals surface area contributed by atoms with E-state index in [1.165, 1.54) is 54.8 Å². The molecule has 248 valence electrons. The Balaban J connectivity index is 1.04. The second-order valence-electron chi connectivity index (χ2n) is 13.8. The maximum atomic E-state index is 6.74. The van der Waals surface area contributed by atoms with E-state index in [-0.39, 0.29) is 0 Å². The van der Waals surface area contributed by atoms with Crippen molar-refractivity contribution < 1.29 is 4.42 Å². The average Bonchev–Trinajstić information content (AvgIpc) is 3.77. The number of anilines is 3. The summed E-state index contributed by atoms with van der Waals surface area (Å²) in [6.45, 7) is 0. The van der Waals surface area contributed by atoms with Crippen LogP contribution in [-0.2, 0) is 0 Å². The number of furan rings is 1. The molecule has 0 N–H and O–H groups in total. The number of hydrogen-bond acceptors (Lipinski definition) is 2. The minimum atomic E-state index is 0.857. The second-order valence-corrected chi connectivity index (χ2v) is 13.8. The molecule has 0 fully saturated rings. The van der Waals surface area contributed by atoms with E-state index in [1.807, 2.05) is 0 Å². The summed E-state index contributed by atoms with van der Waals surface area (Å²) in [5.41, 5.74) is 13.2. The summed E-state index contributed by atoms with van der Waals surface area (Å²) < 4.78 is 9.12. The van der Waals surface area contributed by atoms with E-state index in [0.29, 0.717) is 0 Å². The molecule has 3 nitrogen and oxygen atoms in total. The Morgan fingerprint density at radius 1 is 0.358 bits per heavy atom. The van der Waals surface area contributed by atoms with Crippen molar-refractivity contribution in [3.05, 3.63) is 194 Å². The van der Waals surface area contributed by atoms with Crippen LogP contribution in [0.4, 0.5) is 17.1 Å². The zero-order chi connectivity index (χ0) is 34.9. The molecule has 0 bridgehead atoms. The van der Waals surface area contributed by atoms with Gasteiger partial charge in [0.1, 0.15) is 11.2 Å². The molecule has 53 heavy (non-hydrogen) atoms. The van der Waals surface area contributed by atoms with Gasteiger partial charge in [-0.25, -0.2) is 0 Å². The van der Waals surface area contributed by atoms with E-state index in [9.17, 15) is 0 Å². The molecular weight excluding hydrogens is 645 g/mol. The Labute approximate surface area is 306 Å². The smallest absolute Gasteiger partial charge is 0.137 e. The summed E-state index contributed by atoms with van der Waals surface area (Å²) in [5, 5.41) is 7.34. The summed E-state index contributed by atoms with van der Waals surface area (Å²) >= 11 is 0. The van der Waals surface area contributed by atoms with E-state index in [1.54, 1.807) is 0 Å². The van der Waals surface area contributed by atoms with Crippen LogP contribution in [-0.4, -0.2) is 4.57 Å². The predicted molar refractivity (Wildman–Crippen MR) is 222 cm³/mol. The largest absolute Gasteiger partial charge is 0.456 e. The Morgan fingerprint density at radius 3 is 1.38 bits per heavy atom. The summed E-state index contributed by atoms with van der Waals surface area (Å²) in [5.74, 6) is 0. The topological polar surface area (TPSA) is 21.3 Å². The van der Waals surface area contributed by atoms with Crippen LogP contribution in [0.5, 0.6) is 0 Å². The van der Waals surface area contributed by atoms with Gasteiger partial charge in [-0.1, -0.05) is 121 Å². The zero-order valence-corrected chi connectivity index (χ0v) is 28.8. The third-order valence-corrected chi connectivity index (χ3v) is 10.7. The van der Waals surface area contributed by atoms with Crippen molar-refractivity contribution in [2.24, 2.45) is 0 Å². The van der Waals surface area contributed by atoms with Gasteiger partial charge in [-0.3, -0.25) is 0 Å². The van der Waals surface area contributed by atoms with E-state index < -0.39 is 0 Å². The molecule has 9 aromatic carbocycles. The van der Waals surface area contributed by atoms with Crippen molar-refractivity contribution >= 4 is 71.6 Å². The van der Waals surface area contributed by atoms with E-state index in [2.05, 4.69) is 204 Å². The highest BCUT2D eigenvalue weighted by molar-refractivity contribution is 6.24. The third kappa shape index (κ3) is 4.75. The van der Waals surface area contributed by atoms with Gasteiger partial charge < -0.3 is 13.9 Å². The molecule has 0 spiro atoms. The molecule has 3 heteroatoms. The van der Waals surface area contributed by atoms with Gasteiger partial charge in [-0.15, -0.1) is 0 Å². The van der Waals surface area contributed by atoms with Crippen LogP contribution in [0.25, 0.3) is 82.5 Å². The summed E-state index contributed by atoms with van der Waals surface area (Å²) in [6, 6.07) is 69.5. The van der Waals surface area contributed by atoms with Crippen LogP contribution >= 0.6 is 0 Å². The fourth-order valence-electron chi connectivity index (χ4n) is 8.24. The van der Waals surface area contributed by atoms with E-state index in [0.717, 1.165) is 44.7 Å². The number of hydrogen-bond donors (Lipinski definition) is 0. The lowest BCUT2D eigenvalue weighted by atomic mass is 10.0. The number of aromatic nitrogens is 1. The molecule has 11 aromatic rings. The fraction of sp³-hybridized carbons (Fsp3) is 0. The van der Waals surface area contributed by atoms with Gasteiger partial charge in [0.2, 0.25) is 0 Å².